The van der Waals surface area contributed by atoms with E-state index in [1.54, 1.807) is 18.2 Å². The number of aryl methyl sites for hydroxylation is 1. The zero-order valence-corrected chi connectivity index (χ0v) is 17.6. The highest BCUT2D eigenvalue weighted by Crippen LogP contribution is 2.31. The zero-order valence-electron chi connectivity index (χ0n) is 16.0. The summed E-state index contributed by atoms with van der Waals surface area (Å²) < 4.78 is 0. The summed E-state index contributed by atoms with van der Waals surface area (Å²) in [6, 6.07) is 11.7. The van der Waals surface area contributed by atoms with Gasteiger partial charge in [0.05, 0.1) is 10.6 Å². The SMILES string of the molecule is CN1CCN(c2cccc3c2CC(NC(=O)c2ccc(Cl)cc2Cl)CC3)CC1. The molecule has 2 aromatic carbocycles. The van der Waals surface area contributed by atoms with Crippen molar-refractivity contribution in [2.75, 3.05) is 38.1 Å². The lowest BCUT2D eigenvalue weighted by Crippen LogP contribution is -2.45. The van der Waals surface area contributed by atoms with Gasteiger partial charge >= 0.3 is 0 Å². The van der Waals surface area contributed by atoms with Crippen molar-refractivity contribution in [3.05, 3.63) is 63.1 Å². The van der Waals surface area contributed by atoms with Gasteiger partial charge in [-0.15, -0.1) is 0 Å². The van der Waals surface area contributed by atoms with Crippen LogP contribution >= 0.6 is 23.2 Å². The lowest BCUT2D eigenvalue weighted by Gasteiger charge is -2.37. The van der Waals surface area contributed by atoms with E-state index in [-0.39, 0.29) is 11.9 Å². The van der Waals surface area contributed by atoms with Crippen LogP contribution in [0.25, 0.3) is 0 Å². The topological polar surface area (TPSA) is 35.6 Å². The number of hydrogen-bond donors (Lipinski definition) is 1. The number of benzene rings is 2. The van der Waals surface area contributed by atoms with Crippen molar-refractivity contribution in [3.63, 3.8) is 0 Å². The van der Waals surface area contributed by atoms with E-state index >= 15 is 0 Å². The number of piperazine rings is 1. The van der Waals surface area contributed by atoms with Crippen molar-refractivity contribution < 1.29 is 4.79 Å². The smallest absolute Gasteiger partial charge is 0.253 e. The molecule has 1 aliphatic carbocycles. The van der Waals surface area contributed by atoms with Gasteiger partial charge in [0.2, 0.25) is 0 Å². The molecule has 6 heteroatoms. The van der Waals surface area contributed by atoms with E-state index in [1.165, 1.54) is 16.8 Å². The van der Waals surface area contributed by atoms with Crippen LogP contribution in [0.15, 0.2) is 36.4 Å². The van der Waals surface area contributed by atoms with E-state index in [4.69, 9.17) is 23.2 Å². The predicted molar refractivity (Wildman–Crippen MR) is 116 cm³/mol. The van der Waals surface area contributed by atoms with Crippen molar-refractivity contribution in [1.29, 1.82) is 0 Å². The molecule has 4 rings (SSSR count). The summed E-state index contributed by atoms with van der Waals surface area (Å²) >= 11 is 12.2. The number of likely N-dealkylation sites (N-methyl/N-ethyl adjacent to an activating group) is 1. The summed E-state index contributed by atoms with van der Waals surface area (Å²) in [6.07, 6.45) is 2.78. The third kappa shape index (κ3) is 4.14. The van der Waals surface area contributed by atoms with Gasteiger partial charge in [-0.1, -0.05) is 35.3 Å². The zero-order chi connectivity index (χ0) is 19.7. The van der Waals surface area contributed by atoms with E-state index in [2.05, 4.69) is 40.4 Å². The number of fused-ring (bicyclic) bond motifs is 1. The Morgan fingerprint density at radius 1 is 1.11 bits per heavy atom. The fraction of sp³-hybridized carbons (Fsp3) is 0.409. The van der Waals surface area contributed by atoms with Crippen LogP contribution in [0.1, 0.15) is 27.9 Å². The molecule has 1 atom stereocenters. The largest absolute Gasteiger partial charge is 0.369 e. The Balaban J connectivity index is 1.50. The second kappa shape index (κ2) is 8.32. The van der Waals surface area contributed by atoms with Crippen molar-refractivity contribution >= 4 is 34.8 Å². The molecule has 1 unspecified atom stereocenters. The van der Waals surface area contributed by atoms with Crippen molar-refractivity contribution in [2.24, 2.45) is 0 Å². The maximum atomic E-state index is 12.7. The highest BCUT2D eigenvalue weighted by Gasteiger charge is 2.26. The minimum Gasteiger partial charge on any atom is -0.369 e. The molecule has 0 bridgehead atoms. The molecule has 2 aliphatic rings. The number of amides is 1. The second-order valence-corrected chi connectivity index (χ2v) is 8.59. The summed E-state index contributed by atoms with van der Waals surface area (Å²) in [5.41, 5.74) is 4.59. The van der Waals surface area contributed by atoms with Gasteiger partial charge in [-0.25, -0.2) is 0 Å². The molecule has 1 amide bonds. The Hall–Kier alpha value is -1.75. The number of hydrogen-bond acceptors (Lipinski definition) is 3. The van der Waals surface area contributed by atoms with E-state index in [1.807, 2.05) is 0 Å². The first-order valence-electron chi connectivity index (χ1n) is 9.81. The van der Waals surface area contributed by atoms with Gasteiger partial charge in [0.25, 0.3) is 5.91 Å². The van der Waals surface area contributed by atoms with E-state index in [0.29, 0.717) is 15.6 Å². The lowest BCUT2D eigenvalue weighted by atomic mass is 9.86. The molecule has 1 fully saturated rings. The second-order valence-electron chi connectivity index (χ2n) is 7.74. The van der Waals surface area contributed by atoms with Crippen LogP contribution in [-0.4, -0.2) is 50.1 Å². The molecule has 1 heterocycles. The summed E-state index contributed by atoms with van der Waals surface area (Å²) in [7, 11) is 2.17. The molecule has 28 heavy (non-hydrogen) atoms. The molecule has 0 spiro atoms. The Bertz CT molecular complexity index is 878. The van der Waals surface area contributed by atoms with Gasteiger partial charge in [0.1, 0.15) is 0 Å². The fourth-order valence-electron chi connectivity index (χ4n) is 4.17. The van der Waals surface area contributed by atoms with Gasteiger partial charge < -0.3 is 15.1 Å². The van der Waals surface area contributed by atoms with Gasteiger partial charge in [-0.05, 0) is 61.7 Å². The summed E-state index contributed by atoms with van der Waals surface area (Å²) in [6.45, 7) is 4.26. The van der Waals surface area contributed by atoms with Crippen LogP contribution in [0.5, 0.6) is 0 Å². The highest BCUT2D eigenvalue weighted by molar-refractivity contribution is 6.36. The average molecular weight is 418 g/mol. The molecule has 0 aromatic heterocycles. The molecule has 0 radical (unpaired) electrons. The number of rotatable bonds is 3. The number of anilines is 1. The molecule has 1 saturated heterocycles. The van der Waals surface area contributed by atoms with E-state index < -0.39 is 0 Å². The first-order chi connectivity index (χ1) is 13.5. The maximum Gasteiger partial charge on any atom is 0.253 e. The van der Waals surface area contributed by atoms with Crippen molar-refractivity contribution in [2.45, 2.75) is 25.3 Å². The first kappa shape index (κ1) is 19.6. The third-order valence-electron chi connectivity index (χ3n) is 5.82. The minimum absolute atomic E-state index is 0.111. The van der Waals surface area contributed by atoms with E-state index in [9.17, 15) is 4.79 Å². The quantitative estimate of drug-likeness (QED) is 0.818. The van der Waals surface area contributed by atoms with Crippen molar-refractivity contribution in [3.8, 4) is 0 Å². The fourth-order valence-corrected chi connectivity index (χ4v) is 4.67. The number of nitrogens with one attached hydrogen (secondary N) is 1. The average Bonchev–Trinajstić information content (AvgIpc) is 2.68. The monoisotopic (exact) mass is 417 g/mol. The standard InChI is InChI=1S/C22H25Cl2N3O/c1-26-9-11-27(12-10-26)21-4-2-3-15-5-7-17(14-19(15)21)25-22(28)18-8-6-16(23)13-20(18)24/h2-4,6,8,13,17H,5,7,9-12,14H2,1H3,(H,25,28). The Labute approximate surface area is 176 Å². The molecule has 1 N–H and O–H groups in total. The molecule has 4 nitrogen and oxygen atoms in total. The third-order valence-corrected chi connectivity index (χ3v) is 6.36. The first-order valence-corrected chi connectivity index (χ1v) is 10.6. The predicted octanol–water partition coefficient (Wildman–Crippen LogP) is 4.03. The molecule has 0 saturated carbocycles. The Morgan fingerprint density at radius 2 is 1.89 bits per heavy atom. The normalized spacial score (nSPS) is 20.0. The maximum absolute atomic E-state index is 12.7. The molecule has 148 valence electrons. The van der Waals surface area contributed by atoms with Crippen LogP contribution < -0.4 is 10.2 Å². The van der Waals surface area contributed by atoms with E-state index in [0.717, 1.165) is 45.4 Å². The van der Waals surface area contributed by atoms with Crippen LogP contribution in [0.2, 0.25) is 10.0 Å². The molecular formula is C22H25Cl2N3O. The summed E-state index contributed by atoms with van der Waals surface area (Å²) in [5.74, 6) is -0.132. The van der Waals surface area contributed by atoms with Gasteiger partial charge in [-0.2, -0.15) is 0 Å². The Morgan fingerprint density at radius 3 is 2.64 bits per heavy atom. The van der Waals surface area contributed by atoms with Gasteiger partial charge in [-0.3, -0.25) is 4.79 Å². The molecular weight excluding hydrogens is 393 g/mol. The van der Waals surface area contributed by atoms with Gasteiger partial charge in [0.15, 0.2) is 0 Å². The van der Waals surface area contributed by atoms with Crippen LogP contribution in [0.4, 0.5) is 5.69 Å². The van der Waals surface area contributed by atoms with Gasteiger partial charge in [0, 0.05) is 42.9 Å². The van der Waals surface area contributed by atoms with Crippen molar-refractivity contribution in [1.82, 2.24) is 10.2 Å². The minimum atomic E-state index is -0.132. The van der Waals surface area contributed by atoms with Crippen LogP contribution in [0.3, 0.4) is 0 Å². The number of carbonyl (C=O) groups is 1. The number of carbonyl (C=O) groups excluding carboxylic acids is 1. The molecule has 2 aromatic rings. The molecule has 1 aliphatic heterocycles. The van der Waals surface area contributed by atoms with Crippen LogP contribution in [-0.2, 0) is 12.8 Å². The Kier molecular flexibility index (Phi) is 5.81. The highest BCUT2D eigenvalue weighted by atomic mass is 35.5. The van der Waals surface area contributed by atoms with Crippen LogP contribution in [0, 0.1) is 0 Å². The number of halogens is 2. The number of nitrogens with zero attached hydrogens (tertiary/aromatic N) is 2. The lowest BCUT2D eigenvalue weighted by molar-refractivity contribution is 0.0934. The summed E-state index contributed by atoms with van der Waals surface area (Å²) in [4.78, 5) is 17.6. The summed E-state index contributed by atoms with van der Waals surface area (Å²) in [5, 5.41) is 4.10.